The molecular weight excluding hydrogens is 338 g/mol. The second-order valence-corrected chi connectivity index (χ2v) is 7.12. The number of carbonyl (C=O) groups excluding carboxylic acids is 1. The van der Waals surface area contributed by atoms with Gasteiger partial charge in [0.1, 0.15) is 11.2 Å². The van der Waals surface area contributed by atoms with Gasteiger partial charge in [-0.05, 0) is 31.0 Å². The molecule has 4 nitrogen and oxygen atoms in total. The van der Waals surface area contributed by atoms with Crippen molar-refractivity contribution in [3.8, 4) is 0 Å². The summed E-state index contributed by atoms with van der Waals surface area (Å²) >= 11 is 0. The van der Waals surface area contributed by atoms with Crippen LogP contribution in [0.15, 0.2) is 59.5 Å². The molecule has 1 aliphatic rings. The molecule has 2 aromatic carbocycles. The number of fused-ring (bicyclic) bond motifs is 3. The molecule has 1 atom stereocenters. The van der Waals surface area contributed by atoms with Crippen molar-refractivity contribution in [3.05, 3.63) is 60.7 Å². The molecule has 0 aliphatic carbocycles. The summed E-state index contributed by atoms with van der Waals surface area (Å²) in [6, 6.07) is 13.8. The lowest BCUT2D eigenvalue weighted by Crippen LogP contribution is -2.57. The summed E-state index contributed by atoms with van der Waals surface area (Å²) in [7, 11) is 0. The molecule has 1 saturated heterocycles. The molecule has 0 radical (unpaired) electrons. The standard InChI is InChI=1S/C23H25NO3/c1-3-11-23(4-2,24-12-14-26-15-13-24)22(25)17-9-10-19-18-7-5-6-8-20(18)27-21(19)16-17/h3,5-10,16H,1,4,11-15H2,2H3. The van der Waals surface area contributed by atoms with Gasteiger partial charge in [-0.2, -0.15) is 0 Å². The summed E-state index contributed by atoms with van der Waals surface area (Å²) < 4.78 is 11.5. The SMILES string of the molecule is C=CCC(CC)(C(=O)c1ccc2c(c1)oc1ccccc12)N1CCOCC1. The van der Waals surface area contributed by atoms with E-state index < -0.39 is 5.54 Å². The first-order valence-corrected chi connectivity index (χ1v) is 9.59. The summed E-state index contributed by atoms with van der Waals surface area (Å²) in [6.45, 7) is 8.85. The summed E-state index contributed by atoms with van der Waals surface area (Å²) in [6.07, 6.45) is 3.22. The first kappa shape index (κ1) is 18.0. The molecule has 3 aromatic rings. The van der Waals surface area contributed by atoms with Crippen LogP contribution in [-0.2, 0) is 4.74 Å². The third-order valence-corrected chi connectivity index (χ3v) is 5.75. The van der Waals surface area contributed by atoms with E-state index in [1.54, 1.807) is 0 Å². The number of hydrogen-bond donors (Lipinski definition) is 0. The zero-order valence-electron chi connectivity index (χ0n) is 15.7. The Hall–Kier alpha value is -2.43. The summed E-state index contributed by atoms with van der Waals surface area (Å²) in [5.41, 5.74) is 1.72. The van der Waals surface area contributed by atoms with E-state index in [4.69, 9.17) is 9.15 Å². The largest absolute Gasteiger partial charge is 0.456 e. The minimum atomic E-state index is -0.578. The lowest BCUT2D eigenvalue weighted by atomic mass is 9.81. The fourth-order valence-electron chi connectivity index (χ4n) is 4.26. The van der Waals surface area contributed by atoms with E-state index in [0.29, 0.717) is 25.2 Å². The minimum Gasteiger partial charge on any atom is -0.456 e. The number of furan rings is 1. The first-order chi connectivity index (χ1) is 13.2. The van der Waals surface area contributed by atoms with Gasteiger partial charge in [-0.25, -0.2) is 0 Å². The Morgan fingerprint density at radius 3 is 2.63 bits per heavy atom. The average Bonchev–Trinajstić information content (AvgIpc) is 3.10. The topological polar surface area (TPSA) is 42.7 Å². The normalized spacial score (nSPS) is 17.8. The Kier molecular flexibility index (Phi) is 4.85. The predicted molar refractivity (Wildman–Crippen MR) is 108 cm³/mol. The molecule has 4 rings (SSSR count). The van der Waals surface area contributed by atoms with Gasteiger partial charge in [0, 0.05) is 29.4 Å². The number of hydrogen-bond acceptors (Lipinski definition) is 4. The van der Waals surface area contributed by atoms with Crippen molar-refractivity contribution in [1.82, 2.24) is 4.90 Å². The third-order valence-electron chi connectivity index (χ3n) is 5.75. The number of Topliss-reactive ketones (excluding diaryl/α,β-unsaturated/α-hetero) is 1. The number of ketones is 1. The van der Waals surface area contributed by atoms with Crippen molar-refractivity contribution >= 4 is 27.7 Å². The highest BCUT2D eigenvalue weighted by Crippen LogP contribution is 2.33. The summed E-state index contributed by atoms with van der Waals surface area (Å²) in [5, 5.41) is 2.12. The Bertz CT molecular complexity index is 984. The molecule has 1 aromatic heterocycles. The monoisotopic (exact) mass is 363 g/mol. The maximum atomic E-state index is 13.7. The quantitative estimate of drug-likeness (QED) is 0.465. The minimum absolute atomic E-state index is 0.133. The molecule has 0 N–H and O–H groups in total. The van der Waals surface area contributed by atoms with Crippen molar-refractivity contribution in [2.75, 3.05) is 26.3 Å². The van der Waals surface area contributed by atoms with Crippen LogP contribution in [0.4, 0.5) is 0 Å². The highest BCUT2D eigenvalue weighted by atomic mass is 16.5. The van der Waals surface area contributed by atoms with E-state index in [0.717, 1.165) is 41.4 Å². The van der Waals surface area contributed by atoms with Gasteiger partial charge in [-0.15, -0.1) is 6.58 Å². The first-order valence-electron chi connectivity index (χ1n) is 9.59. The summed E-state index contributed by atoms with van der Waals surface area (Å²) in [4.78, 5) is 15.9. The van der Waals surface area contributed by atoms with Gasteiger partial charge in [0.15, 0.2) is 5.78 Å². The molecule has 0 bridgehead atoms. The van der Waals surface area contributed by atoms with Gasteiger partial charge < -0.3 is 9.15 Å². The molecule has 0 spiro atoms. The van der Waals surface area contributed by atoms with Gasteiger partial charge in [-0.1, -0.05) is 37.3 Å². The van der Waals surface area contributed by atoms with E-state index >= 15 is 0 Å². The summed E-state index contributed by atoms with van der Waals surface area (Å²) in [5.74, 6) is 0.133. The highest BCUT2D eigenvalue weighted by molar-refractivity contribution is 6.09. The third kappa shape index (κ3) is 2.99. The average molecular weight is 363 g/mol. The van der Waals surface area contributed by atoms with E-state index in [-0.39, 0.29) is 5.78 Å². The van der Waals surface area contributed by atoms with Crippen LogP contribution in [0.3, 0.4) is 0 Å². The fourth-order valence-corrected chi connectivity index (χ4v) is 4.26. The molecule has 0 amide bonds. The molecular formula is C23H25NO3. The van der Waals surface area contributed by atoms with Gasteiger partial charge in [0.2, 0.25) is 0 Å². The number of rotatable bonds is 6. The molecule has 27 heavy (non-hydrogen) atoms. The van der Waals surface area contributed by atoms with Crippen LogP contribution in [-0.4, -0.2) is 42.5 Å². The van der Waals surface area contributed by atoms with Crippen LogP contribution >= 0.6 is 0 Å². The molecule has 2 heterocycles. The second kappa shape index (κ2) is 7.29. The van der Waals surface area contributed by atoms with Crippen LogP contribution in [0.5, 0.6) is 0 Å². The maximum Gasteiger partial charge on any atom is 0.183 e. The van der Waals surface area contributed by atoms with E-state index in [2.05, 4.69) is 18.4 Å². The molecule has 1 unspecified atom stereocenters. The van der Waals surface area contributed by atoms with Crippen LogP contribution in [0.25, 0.3) is 21.9 Å². The van der Waals surface area contributed by atoms with Crippen molar-refractivity contribution < 1.29 is 13.9 Å². The van der Waals surface area contributed by atoms with Crippen LogP contribution in [0.1, 0.15) is 30.1 Å². The number of morpholine rings is 1. The zero-order valence-corrected chi connectivity index (χ0v) is 15.7. The Balaban J connectivity index is 1.78. The van der Waals surface area contributed by atoms with Crippen molar-refractivity contribution in [2.24, 2.45) is 0 Å². The highest BCUT2D eigenvalue weighted by Gasteiger charge is 2.42. The van der Waals surface area contributed by atoms with E-state index in [1.807, 2.05) is 48.5 Å². The zero-order chi connectivity index (χ0) is 18.9. The van der Waals surface area contributed by atoms with Gasteiger partial charge >= 0.3 is 0 Å². The van der Waals surface area contributed by atoms with E-state index in [1.165, 1.54) is 0 Å². The fraction of sp³-hybridized carbons (Fsp3) is 0.348. The van der Waals surface area contributed by atoms with Crippen LogP contribution < -0.4 is 0 Å². The van der Waals surface area contributed by atoms with Gasteiger partial charge in [0.05, 0.1) is 18.8 Å². The Morgan fingerprint density at radius 2 is 1.89 bits per heavy atom. The van der Waals surface area contributed by atoms with Crippen LogP contribution in [0, 0.1) is 0 Å². The Labute approximate surface area is 159 Å². The molecule has 1 aliphatic heterocycles. The van der Waals surface area contributed by atoms with E-state index in [9.17, 15) is 4.79 Å². The number of ether oxygens (including phenoxy) is 1. The smallest absolute Gasteiger partial charge is 0.183 e. The lowest BCUT2D eigenvalue weighted by molar-refractivity contribution is -0.0154. The van der Waals surface area contributed by atoms with Crippen molar-refractivity contribution in [1.29, 1.82) is 0 Å². The van der Waals surface area contributed by atoms with Gasteiger partial charge in [-0.3, -0.25) is 9.69 Å². The lowest BCUT2D eigenvalue weighted by Gasteiger charge is -2.43. The number of nitrogens with zero attached hydrogens (tertiary/aromatic N) is 1. The van der Waals surface area contributed by atoms with Gasteiger partial charge in [0.25, 0.3) is 0 Å². The number of carbonyl (C=O) groups is 1. The number of para-hydroxylation sites is 1. The Morgan fingerprint density at radius 1 is 1.15 bits per heavy atom. The van der Waals surface area contributed by atoms with Crippen molar-refractivity contribution in [2.45, 2.75) is 25.3 Å². The predicted octanol–water partition coefficient (Wildman–Crippen LogP) is 4.83. The number of benzene rings is 2. The second-order valence-electron chi connectivity index (χ2n) is 7.12. The van der Waals surface area contributed by atoms with Crippen LogP contribution in [0.2, 0.25) is 0 Å². The molecule has 140 valence electrons. The molecule has 4 heteroatoms. The van der Waals surface area contributed by atoms with Crippen molar-refractivity contribution in [3.63, 3.8) is 0 Å². The molecule has 0 saturated carbocycles. The maximum absolute atomic E-state index is 13.7. The molecule has 1 fully saturated rings.